The highest BCUT2D eigenvalue weighted by molar-refractivity contribution is 5.92. The van der Waals surface area contributed by atoms with E-state index < -0.39 is 23.6 Å². The third-order valence-corrected chi connectivity index (χ3v) is 3.16. The molecule has 2 N–H and O–H groups in total. The van der Waals surface area contributed by atoms with Gasteiger partial charge >= 0.3 is 12.0 Å². The SMILES string of the molecule is C[C@H](NC(=O)N1CCN(C)C(=O)C1(C)C)C(=O)O. The molecule has 1 saturated heterocycles. The van der Waals surface area contributed by atoms with Crippen LogP contribution < -0.4 is 5.32 Å². The first-order valence-corrected chi connectivity index (χ1v) is 5.74. The summed E-state index contributed by atoms with van der Waals surface area (Å²) in [5.74, 6) is -1.27. The smallest absolute Gasteiger partial charge is 0.325 e. The van der Waals surface area contributed by atoms with Gasteiger partial charge in [-0.1, -0.05) is 0 Å². The largest absolute Gasteiger partial charge is 0.480 e. The number of carboxylic acids is 1. The van der Waals surface area contributed by atoms with Crippen molar-refractivity contribution in [3.63, 3.8) is 0 Å². The van der Waals surface area contributed by atoms with Crippen LogP contribution in [0.15, 0.2) is 0 Å². The predicted molar refractivity (Wildman–Crippen MR) is 64.1 cm³/mol. The minimum Gasteiger partial charge on any atom is -0.480 e. The Morgan fingerprint density at radius 1 is 1.39 bits per heavy atom. The Kier molecular flexibility index (Phi) is 3.83. The molecule has 0 radical (unpaired) electrons. The molecule has 0 saturated carbocycles. The molecule has 0 aliphatic carbocycles. The van der Waals surface area contributed by atoms with Gasteiger partial charge in [0.2, 0.25) is 5.91 Å². The van der Waals surface area contributed by atoms with Crippen molar-refractivity contribution in [2.24, 2.45) is 0 Å². The van der Waals surface area contributed by atoms with Gasteiger partial charge < -0.3 is 20.2 Å². The monoisotopic (exact) mass is 257 g/mol. The quantitative estimate of drug-likeness (QED) is 0.712. The molecular formula is C11H19N3O4. The highest BCUT2D eigenvalue weighted by atomic mass is 16.4. The Labute approximate surface area is 106 Å². The summed E-state index contributed by atoms with van der Waals surface area (Å²) in [4.78, 5) is 37.5. The van der Waals surface area contributed by atoms with Crippen LogP contribution in [-0.2, 0) is 9.59 Å². The van der Waals surface area contributed by atoms with Crippen LogP contribution in [-0.4, -0.2) is 64.5 Å². The van der Waals surface area contributed by atoms with Gasteiger partial charge in [-0.05, 0) is 20.8 Å². The van der Waals surface area contributed by atoms with E-state index in [9.17, 15) is 14.4 Å². The molecule has 18 heavy (non-hydrogen) atoms. The van der Waals surface area contributed by atoms with E-state index >= 15 is 0 Å². The van der Waals surface area contributed by atoms with Crippen LogP contribution in [0, 0.1) is 0 Å². The molecule has 0 aromatic heterocycles. The summed E-state index contributed by atoms with van der Waals surface area (Å²) in [6, 6.07) is -1.51. The first kappa shape index (κ1) is 14.3. The molecule has 1 fully saturated rings. The van der Waals surface area contributed by atoms with Gasteiger partial charge in [0.25, 0.3) is 0 Å². The zero-order chi connectivity index (χ0) is 14.1. The number of urea groups is 1. The van der Waals surface area contributed by atoms with Crippen LogP contribution in [0.1, 0.15) is 20.8 Å². The Balaban J connectivity index is 2.80. The average Bonchev–Trinajstić information content (AvgIpc) is 2.25. The molecule has 1 heterocycles. The summed E-state index contributed by atoms with van der Waals surface area (Å²) in [6.45, 7) is 5.50. The number of nitrogens with zero attached hydrogens (tertiary/aromatic N) is 2. The first-order valence-electron chi connectivity index (χ1n) is 5.74. The van der Waals surface area contributed by atoms with E-state index in [4.69, 9.17) is 5.11 Å². The van der Waals surface area contributed by atoms with E-state index in [1.54, 1.807) is 25.8 Å². The normalized spacial score (nSPS) is 20.6. The molecule has 0 aromatic carbocycles. The fourth-order valence-corrected chi connectivity index (χ4v) is 1.89. The summed E-state index contributed by atoms with van der Waals surface area (Å²) in [7, 11) is 1.68. The lowest BCUT2D eigenvalue weighted by Crippen LogP contribution is -2.66. The Morgan fingerprint density at radius 3 is 2.44 bits per heavy atom. The minimum atomic E-state index is -1.11. The molecule has 1 aliphatic rings. The second-order valence-electron chi connectivity index (χ2n) is 4.95. The number of carbonyl (C=O) groups is 3. The molecular weight excluding hydrogens is 238 g/mol. The van der Waals surface area contributed by atoms with Crippen LogP contribution in [0.25, 0.3) is 0 Å². The highest BCUT2D eigenvalue weighted by Crippen LogP contribution is 2.21. The molecule has 3 amide bonds. The third-order valence-electron chi connectivity index (χ3n) is 3.16. The summed E-state index contributed by atoms with van der Waals surface area (Å²) >= 11 is 0. The number of hydrogen-bond donors (Lipinski definition) is 2. The lowest BCUT2D eigenvalue weighted by molar-refractivity contribution is -0.144. The van der Waals surface area contributed by atoms with Crippen LogP contribution in [0.5, 0.6) is 0 Å². The number of carbonyl (C=O) groups excluding carboxylic acids is 2. The molecule has 1 atom stereocenters. The summed E-state index contributed by atoms with van der Waals surface area (Å²) in [5, 5.41) is 11.1. The maximum atomic E-state index is 12.0. The molecule has 7 heteroatoms. The van der Waals surface area contributed by atoms with Crippen LogP contribution in [0.3, 0.4) is 0 Å². The molecule has 1 aliphatic heterocycles. The van der Waals surface area contributed by atoms with Crippen molar-refractivity contribution in [2.75, 3.05) is 20.1 Å². The van der Waals surface area contributed by atoms with Gasteiger partial charge in [-0.3, -0.25) is 9.59 Å². The Bertz CT molecular complexity index is 380. The summed E-state index contributed by atoms with van der Waals surface area (Å²) in [5.41, 5.74) is -0.963. The molecule has 0 spiro atoms. The van der Waals surface area contributed by atoms with Gasteiger partial charge in [-0.15, -0.1) is 0 Å². The summed E-state index contributed by atoms with van der Waals surface area (Å²) < 4.78 is 0. The van der Waals surface area contributed by atoms with E-state index in [2.05, 4.69) is 5.32 Å². The number of rotatable bonds is 2. The molecule has 0 unspecified atom stereocenters. The average molecular weight is 257 g/mol. The molecule has 1 rings (SSSR count). The van der Waals surface area contributed by atoms with Crippen molar-refractivity contribution in [1.82, 2.24) is 15.1 Å². The molecule has 7 nitrogen and oxygen atoms in total. The summed E-state index contributed by atoms with van der Waals surface area (Å²) in [6.07, 6.45) is 0. The van der Waals surface area contributed by atoms with Crippen molar-refractivity contribution in [3.8, 4) is 0 Å². The zero-order valence-electron chi connectivity index (χ0n) is 11.1. The maximum Gasteiger partial charge on any atom is 0.325 e. The minimum absolute atomic E-state index is 0.160. The second-order valence-corrected chi connectivity index (χ2v) is 4.95. The van der Waals surface area contributed by atoms with E-state index in [-0.39, 0.29) is 5.91 Å². The number of likely N-dealkylation sites (N-methyl/N-ethyl adjacent to an activating group) is 1. The van der Waals surface area contributed by atoms with E-state index in [0.717, 1.165) is 0 Å². The third kappa shape index (κ3) is 2.55. The maximum absolute atomic E-state index is 12.0. The van der Waals surface area contributed by atoms with Crippen molar-refractivity contribution < 1.29 is 19.5 Å². The highest BCUT2D eigenvalue weighted by Gasteiger charge is 2.43. The lowest BCUT2D eigenvalue weighted by Gasteiger charge is -2.44. The number of hydrogen-bond acceptors (Lipinski definition) is 3. The van der Waals surface area contributed by atoms with Crippen molar-refractivity contribution >= 4 is 17.9 Å². The second kappa shape index (κ2) is 4.83. The van der Waals surface area contributed by atoms with Gasteiger partial charge in [-0.2, -0.15) is 0 Å². The number of amides is 3. The fraction of sp³-hybridized carbons (Fsp3) is 0.727. The van der Waals surface area contributed by atoms with Gasteiger partial charge in [0.1, 0.15) is 11.6 Å². The van der Waals surface area contributed by atoms with E-state index in [0.29, 0.717) is 13.1 Å². The topological polar surface area (TPSA) is 90.0 Å². The van der Waals surface area contributed by atoms with Crippen molar-refractivity contribution in [2.45, 2.75) is 32.4 Å². The van der Waals surface area contributed by atoms with Crippen LogP contribution in [0.4, 0.5) is 4.79 Å². The van der Waals surface area contributed by atoms with Gasteiger partial charge in [-0.25, -0.2) is 4.79 Å². The number of nitrogens with one attached hydrogen (secondary N) is 1. The Morgan fingerprint density at radius 2 is 1.94 bits per heavy atom. The van der Waals surface area contributed by atoms with Gasteiger partial charge in [0, 0.05) is 20.1 Å². The fourth-order valence-electron chi connectivity index (χ4n) is 1.89. The van der Waals surface area contributed by atoms with E-state index in [1.165, 1.54) is 11.8 Å². The van der Waals surface area contributed by atoms with Gasteiger partial charge in [0.15, 0.2) is 0 Å². The van der Waals surface area contributed by atoms with Crippen LogP contribution in [0.2, 0.25) is 0 Å². The van der Waals surface area contributed by atoms with Crippen molar-refractivity contribution in [1.29, 1.82) is 0 Å². The molecule has 0 bridgehead atoms. The first-order chi connectivity index (χ1) is 8.17. The van der Waals surface area contributed by atoms with Gasteiger partial charge in [0.05, 0.1) is 0 Å². The standard InChI is InChI=1S/C11H19N3O4/c1-7(8(15)16)12-10(18)14-6-5-13(4)9(17)11(14,2)3/h7H,5-6H2,1-4H3,(H,12,18)(H,15,16)/t7-/m0/s1. The molecule has 102 valence electrons. The number of carboxylic acid groups (broad SMARTS) is 1. The van der Waals surface area contributed by atoms with Crippen molar-refractivity contribution in [3.05, 3.63) is 0 Å². The predicted octanol–water partition coefficient (Wildman–Crippen LogP) is -0.278. The molecule has 0 aromatic rings. The zero-order valence-corrected chi connectivity index (χ0v) is 11.1. The number of aliphatic carboxylic acids is 1. The lowest BCUT2D eigenvalue weighted by atomic mass is 9.98. The van der Waals surface area contributed by atoms with E-state index in [1.807, 2.05) is 0 Å². The number of piperazine rings is 1. The van der Waals surface area contributed by atoms with Crippen LogP contribution >= 0.6 is 0 Å². The Hall–Kier alpha value is -1.79.